The van der Waals surface area contributed by atoms with Gasteiger partial charge in [-0.2, -0.15) is 4.98 Å². The molecule has 28 heavy (non-hydrogen) atoms. The third kappa shape index (κ3) is 3.60. The monoisotopic (exact) mass is 377 g/mol. The first-order valence-electron chi connectivity index (χ1n) is 9.54. The number of aromatic nitrogens is 5. The van der Waals surface area contributed by atoms with Crippen molar-refractivity contribution >= 4 is 11.0 Å². The molecule has 7 heteroatoms. The van der Waals surface area contributed by atoms with Crippen LogP contribution in [0.5, 0.6) is 0 Å². The van der Waals surface area contributed by atoms with Crippen molar-refractivity contribution < 1.29 is 4.52 Å². The van der Waals surface area contributed by atoms with Gasteiger partial charge in [-0.05, 0) is 30.5 Å². The molecular weight excluding hydrogens is 354 g/mol. The molecule has 3 aromatic heterocycles. The normalized spacial score (nSPS) is 11.6. The third-order valence-electron chi connectivity index (χ3n) is 4.59. The molecule has 0 unspecified atom stereocenters. The lowest BCUT2D eigenvalue weighted by atomic mass is 10.1. The predicted molar refractivity (Wildman–Crippen MR) is 107 cm³/mol. The second kappa shape index (κ2) is 7.42. The number of rotatable bonds is 6. The summed E-state index contributed by atoms with van der Waals surface area (Å²) in [5, 5.41) is 4.12. The molecule has 4 aromatic rings. The molecule has 1 N–H and O–H groups in total. The van der Waals surface area contributed by atoms with Gasteiger partial charge in [-0.1, -0.05) is 38.1 Å². The molecule has 0 radical (unpaired) electrons. The summed E-state index contributed by atoms with van der Waals surface area (Å²) in [7, 11) is 0. The van der Waals surface area contributed by atoms with Gasteiger partial charge >= 0.3 is 0 Å². The largest absolute Gasteiger partial charge is 0.334 e. The molecule has 7 nitrogen and oxygen atoms in total. The minimum Gasteiger partial charge on any atom is -0.334 e. The highest BCUT2D eigenvalue weighted by Gasteiger charge is 2.15. The number of aromatic amines is 1. The molecular formula is C21H23N5O2. The fourth-order valence-electron chi connectivity index (χ4n) is 3.42. The van der Waals surface area contributed by atoms with Gasteiger partial charge in [0.2, 0.25) is 5.56 Å². The van der Waals surface area contributed by atoms with Crippen LogP contribution in [-0.2, 0) is 19.4 Å². The quantitative estimate of drug-likeness (QED) is 0.555. The number of hydrogen-bond donors (Lipinski definition) is 1. The van der Waals surface area contributed by atoms with Crippen LogP contribution in [0.25, 0.3) is 22.5 Å². The lowest BCUT2D eigenvalue weighted by molar-refractivity contribution is 0.420. The molecule has 0 aliphatic rings. The highest BCUT2D eigenvalue weighted by atomic mass is 16.5. The van der Waals surface area contributed by atoms with Gasteiger partial charge in [-0.3, -0.25) is 4.79 Å². The van der Waals surface area contributed by atoms with Gasteiger partial charge in [0.05, 0.1) is 17.6 Å². The molecule has 0 aliphatic heterocycles. The zero-order valence-corrected chi connectivity index (χ0v) is 16.3. The van der Waals surface area contributed by atoms with Crippen molar-refractivity contribution in [2.45, 2.75) is 40.2 Å². The van der Waals surface area contributed by atoms with Crippen molar-refractivity contribution in [1.82, 2.24) is 24.7 Å². The van der Waals surface area contributed by atoms with Crippen LogP contribution in [-0.4, -0.2) is 24.7 Å². The summed E-state index contributed by atoms with van der Waals surface area (Å²) in [6.45, 7) is 6.76. The van der Waals surface area contributed by atoms with Crippen LogP contribution in [0.4, 0.5) is 0 Å². The molecule has 4 rings (SSSR count). The Labute approximate surface area is 162 Å². The van der Waals surface area contributed by atoms with Gasteiger partial charge in [-0.25, -0.2) is 4.98 Å². The van der Waals surface area contributed by atoms with E-state index in [9.17, 15) is 4.79 Å². The number of benzene rings is 1. The topological polar surface area (TPSA) is 89.6 Å². The third-order valence-corrected chi connectivity index (χ3v) is 4.59. The molecule has 144 valence electrons. The van der Waals surface area contributed by atoms with Crippen LogP contribution in [0.1, 0.15) is 38.1 Å². The van der Waals surface area contributed by atoms with Gasteiger partial charge in [0, 0.05) is 23.7 Å². The van der Waals surface area contributed by atoms with E-state index in [1.165, 1.54) is 6.07 Å². The Hall–Kier alpha value is -3.22. The number of H-pyrrole nitrogens is 1. The summed E-state index contributed by atoms with van der Waals surface area (Å²) >= 11 is 0. The Morgan fingerprint density at radius 1 is 1.18 bits per heavy atom. The molecule has 0 amide bonds. The van der Waals surface area contributed by atoms with Gasteiger partial charge < -0.3 is 14.1 Å². The van der Waals surface area contributed by atoms with Crippen molar-refractivity contribution in [3.05, 3.63) is 64.1 Å². The number of para-hydroxylation sites is 2. The number of imidazole rings is 1. The van der Waals surface area contributed by atoms with Gasteiger partial charge in [0.15, 0.2) is 5.82 Å². The lowest BCUT2D eigenvalue weighted by Crippen LogP contribution is -2.10. The molecule has 3 heterocycles. The van der Waals surface area contributed by atoms with Gasteiger partial charge in [-0.15, -0.1) is 0 Å². The lowest BCUT2D eigenvalue weighted by Gasteiger charge is -2.05. The molecule has 0 saturated carbocycles. The van der Waals surface area contributed by atoms with Crippen LogP contribution in [0.15, 0.2) is 45.7 Å². The van der Waals surface area contributed by atoms with E-state index >= 15 is 0 Å². The highest BCUT2D eigenvalue weighted by molar-refractivity contribution is 5.76. The summed E-state index contributed by atoms with van der Waals surface area (Å²) in [5.41, 5.74) is 3.34. The van der Waals surface area contributed by atoms with Gasteiger partial charge in [0.1, 0.15) is 5.82 Å². The summed E-state index contributed by atoms with van der Waals surface area (Å²) < 4.78 is 7.56. The summed E-state index contributed by atoms with van der Waals surface area (Å²) in [6.07, 6.45) is 1.59. The van der Waals surface area contributed by atoms with E-state index in [0.29, 0.717) is 29.7 Å². The Morgan fingerprint density at radius 3 is 2.79 bits per heavy atom. The van der Waals surface area contributed by atoms with Crippen molar-refractivity contribution in [3.63, 3.8) is 0 Å². The van der Waals surface area contributed by atoms with E-state index in [-0.39, 0.29) is 5.56 Å². The first-order chi connectivity index (χ1) is 13.5. The van der Waals surface area contributed by atoms with E-state index in [4.69, 9.17) is 4.52 Å². The van der Waals surface area contributed by atoms with Crippen LogP contribution in [0.2, 0.25) is 0 Å². The fraction of sp³-hybridized carbons (Fsp3) is 0.333. The van der Waals surface area contributed by atoms with Crippen LogP contribution in [0, 0.1) is 5.92 Å². The van der Waals surface area contributed by atoms with E-state index in [0.717, 1.165) is 35.4 Å². The smallest absolute Gasteiger partial charge is 0.258 e. The molecule has 0 saturated heterocycles. The van der Waals surface area contributed by atoms with E-state index < -0.39 is 0 Å². The minimum absolute atomic E-state index is 0.165. The zero-order valence-electron chi connectivity index (χ0n) is 16.3. The second-order valence-corrected chi connectivity index (χ2v) is 7.33. The van der Waals surface area contributed by atoms with Crippen molar-refractivity contribution in [3.8, 4) is 11.5 Å². The summed E-state index contributed by atoms with van der Waals surface area (Å²) in [5.74, 6) is 2.32. The molecule has 0 atom stereocenters. The second-order valence-electron chi connectivity index (χ2n) is 7.33. The number of aryl methyl sites for hydroxylation is 1. The Balaban J connectivity index is 1.66. The Morgan fingerprint density at radius 2 is 2.00 bits per heavy atom. The number of nitrogens with one attached hydrogen (secondary N) is 1. The Bertz CT molecular complexity index is 1170. The maximum atomic E-state index is 12.0. The fourth-order valence-corrected chi connectivity index (χ4v) is 3.42. The average Bonchev–Trinajstić information content (AvgIpc) is 3.26. The number of fused-ring (bicyclic) bond motifs is 1. The maximum Gasteiger partial charge on any atom is 0.258 e. The molecule has 0 bridgehead atoms. The molecule has 1 aromatic carbocycles. The number of nitrogens with zero attached hydrogens (tertiary/aromatic N) is 4. The van der Waals surface area contributed by atoms with Crippen LogP contribution < -0.4 is 5.56 Å². The van der Waals surface area contributed by atoms with E-state index in [1.807, 2.05) is 30.3 Å². The van der Waals surface area contributed by atoms with Crippen LogP contribution in [0.3, 0.4) is 0 Å². The summed E-state index contributed by atoms with van der Waals surface area (Å²) in [4.78, 5) is 24.1. The number of hydrogen-bond acceptors (Lipinski definition) is 5. The maximum absolute atomic E-state index is 12.0. The molecule has 0 fully saturated rings. The minimum atomic E-state index is -0.165. The zero-order chi connectivity index (χ0) is 19.7. The molecule has 0 spiro atoms. The standard InChI is InChI=1S/C21H23N5O2/c1-4-19-23-16-7-5-6-8-17(16)26(19)12-18-24-21(28-25-18)14-10-15(9-13(2)3)22-20(27)11-14/h5-8,10-11,13H,4,9,12H2,1-3H3,(H,22,27). The SMILES string of the molecule is CCc1nc2ccccc2n1Cc1noc(-c2cc(CC(C)C)[nH]c(=O)c2)n1. The highest BCUT2D eigenvalue weighted by Crippen LogP contribution is 2.20. The number of pyridine rings is 1. The van der Waals surface area contributed by atoms with Crippen molar-refractivity contribution in [2.75, 3.05) is 0 Å². The first kappa shape index (κ1) is 18.2. The van der Waals surface area contributed by atoms with Crippen molar-refractivity contribution in [2.24, 2.45) is 5.92 Å². The van der Waals surface area contributed by atoms with E-state index in [2.05, 4.69) is 45.4 Å². The van der Waals surface area contributed by atoms with Crippen molar-refractivity contribution in [1.29, 1.82) is 0 Å². The summed E-state index contributed by atoms with van der Waals surface area (Å²) in [6, 6.07) is 11.4. The Kier molecular flexibility index (Phi) is 4.81. The average molecular weight is 377 g/mol. The van der Waals surface area contributed by atoms with Crippen LogP contribution >= 0.6 is 0 Å². The molecule has 0 aliphatic carbocycles. The first-order valence-corrected chi connectivity index (χ1v) is 9.54. The van der Waals surface area contributed by atoms with Gasteiger partial charge in [0.25, 0.3) is 5.89 Å². The predicted octanol–water partition coefficient (Wildman–Crippen LogP) is 3.58. The van der Waals surface area contributed by atoms with E-state index in [1.54, 1.807) is 0 Å².